The van der Waals surface area contributed by atoms with E-state index in [4.69, 9.17) is 14.5 Å². The molecule has 1 heterocycles. The van der Waals surface area contributed by atoms with Gasteiger partial charge in [-0.1, -0.05) is 60.8 Å². The third-order valence-corrected chi connectivity index (χ3v) is 5.96. The molecule has 31 heavy (non-hydrogen) atoms. The van der Waals surface area contributed by atoms with E-state index in [0.717, 1.165) is 11.1 Å². The number of para-hydroxylation sites is 1. The highest BCUT2D eigenvalue weighted by atomic mass is 32.2. The predicted molar refractivity (Wildman–Crippen MR) is 127 cm³/mol. The van der Waals surface area contributed by atoms with Gasteiger partial charge in [0.1, 0.15) is 11.5 Å². The lowest BCUT2D eigenvalue weighted by Crippen LogP contribution is -2.22. The Morgan fingerprint density at radius 2 is 1.81 bits per heavy atom. The first-order valence-electron chi connectivity index (χ1n) is 9.73. The van der Waals surface area contributed by atoms with E-state index in [2.05, 4.69) is 18.7 Å². The van der Waals surface area contributed by atoms with Crippen molar-refractivity contribution in [2.45, 2.75) is 10.9 Å². The first kappa shape index (κ1) is 20.8. The van der Waals surface area contributed by atoms with Crippen LogP contribution in [0.4, 0.5) is 0 Å². The molecule has 0 saturated carbocycles. The van der Waals surface area contributed by atoms with Crippen LogP contribution in [-0.4, -0.2) is 23.8 Å². The summed E-state index contributed by atoms with van der Waals surface area (Å²) in [5.74, 6) is 1.86. The molecule has 0 saturated heterocycles. The van der Waals surface area contributed by atoms with Crippen LogP contribution in [0.3, 0.4) is 0 Å². The van der Waals surface area contributed by atoms with Crippen molar-refractivity contribution in [3.63, 3.8) is 0 Å². The molecule has 0 radical (unpaired) electrons. The molecule has 1 aromatic heterocycles. The summed E-state index contributed by atoms with van der Waals surface area (Å²) in [6, 6.07) is 20.9. The molecule has 0 fully saturated rings. The van der Waals surface area contributed by atoms with E-state index in [1.165, 1.54) is 11.8 Å². The van der Waals surface area contributed by atoms with E-state index >= 15 is 0 Å². The normalized spacial score (nSPS) is 10.8. The summed E-state index contributed by atoms with van der Waals surface area (Å²) in [7, 11) is 3.17. The van der Waals surface area contributed by atoms with Gasteiger partial charge in [-0.25, -0.2) is 4.98 Å². The topological polar surface area (TPSA) is 53.4 Å². The summed E-state index contributed by atoms with van der Waals surface area (Å²) in [5.41, 5.74) is 3.30. The average molecular weight is 431 g/mol. The molecule has 4 aromatic rings. The van der Waals surface area contributed by atoms with Crippen LogP contribution < -0.4 is 15.0 Å². The zero-order valence-corrected chi connectivity index (χ0v) is 18.2. The second kappa shape index (κ2) is 9.10. The van der Waals surface area contributed by atoms with Gasteiger partial charge in [-0.2, -0.15) is 0 Å². The van der Waals surface area contributed by atoms with Crippen molar-refractivity contribution in [2.24, 2.45) is 0 Å². The van der Waals surface area contributed by atoms with Crippen molar-refractivity contribution in [1.82, 2.24) is 9.55 Å². The van der Waals surface area contributed by atoms with Crippen molar-refractivity contribution < 1.29 is 9.47 Å². The highest BCUT2D eigenvalue weighted by molar-refractivity contribution is 7.98. The highest BCUT2D eigenvalue weighted by Crippen LogP contribution is 2.31. The van der Waals surface area contributed by atoms with Crippen LogP contribution in [0.15, 0.2) is 83.3 Å². The molecule has 0 aliphatic heterocycles. The summed E-state index contributed by atoms with van der Waals surface area (Å²) in [5, 5.41) is 1.13. The number of aromatic nitrogens is 2. The van der Waals surface area contributed by atoms with Crippen LogP contribution in [0.25, 0.3) is 22.7 Å². The Hall–Kier alpha value is -3.51. The van der Waals surface area contributed by atoms with Gasteiger partial charge in [-0.15, -0.1) is 0 Å². The Labute approximate surface area is 185 Å². The van der Waals surface area contributed by atoms with Crippen LogP contribution in [0, 0.1) is 0 Å². The summed E-state index contributed by atoms with van der Waals surface area (Å²) >= 11 is 1.50. The first-order valence-corrected chi connectivity index (χ1v) is 10.7. The lowest BCUT2D eigenvalue weighted by atomic mass is 10.1. The smallest absolute Gasteiger partial charge is 0.266 e. The number of fused-ring (bicyclic) bond motifs is 1. The van der Waals surface area contributed by atoms with Gasteiger partial charge in [-0.3, -0.25) is 9.36 Å². The molecule has 6 heteroatoms. The highest BCUT2D eigenvalue weighted by Gasteiger charge is 2.17. The van der Waals surface area contributed by atoms with Crippen molar-refractivity contribution in [2.75, 3.05) is 14.2 Å². The first-order chi connectivity index (χ1) is 15.1. The molecule has 0 aliphatic rings. The molecule has 4 rings (SSSR count). The maximum Gasteiger partial charge on any atom is 0.266 e. The van der Waals surface area contributed by atoms with E-state index < -0.39 is 0 Å². The van der Waals surface area contributed by atoms with E-state index in [0.29, 0.717) is 39.0 Å². The van der Waals surface area contributed by atoms with Crippen LogP contribution in [0.5, 0.6) is 11.5 Å². The van der Waals surface area contributed by atoms with Gasteiger partial charge >= 0.3 is 0 Å². The molecule has 0 atom stereocenters. The van der Waals surface area contributed by atoms with E-state index in [-0.39, 0.29) is 5.56 Å². The predicted octanol–water partition coefficient (Wildman–Crippen LogP) is 5.34. The third-order valence-electron chi connectivity index (χ3n) is 4.96. The fourth-order valence-corrected chi connectivity index (χ4v) is 4.25. The van der Waals surface area contributed by atoms with Crippen LogP contribution in [-0.2, 0) is 5.75 Å². The van der Waals surface area contributed by atoms with Gasteiger partial charge in [0.15, 0.2) is 5.16 Å². The summed E-state index contributed by atoms with van der Waals surface area (Å²) in [6.45, 7) is 3.79. The Kier molecular flexibility index (Phi) is 6.09. The Balaban J connectivity index is 1.86. The van der Waals surface area contributed by atoms with Gasteiger partial charge in [0.05, 0.1) is 30.8 Å². The molecule has 0 N–H and O–H groups in total. The summed E-state index contributed by atoms with van der Waals surface area (Å²) in [4.78, 5) is 18.3. The van der Waals surface area contributed by atoms with E-state index in [1.807, 2.05) is 36.4 Å². The lowest BCUT2D eigenvalue weighted by molar-refractivity contribution is 0.400. The molecule has 0 aliphatic carbocycles. The largest absolute Gasteiger partial charge is 0.497 e. The SMILES string of the molecule is C=Cc1ccc(CSc2nc3ccccc3c(=O)n2-c2cc(OC)ccc2OC)cc1. The number of hydrogen-bond donors (Lipinski definition) is 0. The zero-order valence-electron chi connectivity index (χ0n) is 17.4. The standard InChI is InChI=1S/C25H22N2O3S/c1-4-17-9-11-18(12-10-17)16-31-25-26-21-8-6-5-7-20(21)24(28)27(25)22-15-19(29-2)13-14-23(22)30-3/h4-15H,1,16H2,2-3H3. The molecule has 0 unspecified atom stereocenters. The second-order valence-corrected chi connectivity index (χ2v) is 7.77. The number of thioether (sulfide) groups is 1. The summed E-state index contributed by atoms with van der Waals surface area (Å²) < 4.78 is 12.5. The van der Waals surface area contributed by atoms with Crippen LogP contribution in [0.1, 0.15) is 11.1 Å². The van der Waals surface area contributed by atoms with Gasteiger partial charge in [0.2, 0.25) is 0 Å². The van der Waals surface area contributed by atoms with Crippen molar-refractivity contribution in [3.05, 3.63) is 94.8 Å². The fourth-order valence-electron chi connectivity index (χ4n) is 3.29. The number of hydrogen-bond acceptors (Lipinski definition) is 5. The molecular formula is C25H22N2O3S. The molecule has 156 valence electrons. The molecule has 0 spiro atoms. The van der Waals surface area contributed by atoms with Crippen LogP contribution in [0.2, 0.25) is 0 Å². The minimum atomic E-state index is -0.151. The maximum absolute atomic E-state index is 13.5. The minimum absolute atomic E-state index is 0.151. The molecule has 0 amide bonds. The Morgan fingerprint density at radius 1 is 1.03 bits per heavy atom. The van der Waals surface area contributed by atoms with Crippen molar-refractivity contribution in [3.8, 4) is 17.2 Å². The molecule has 0 bridgehead atoms. The number of nitrogens with zero attached hydrogens (tertiary/aromatic N) is 2. The molecular weight excluding hydrogens is 408 g/mol. The lowest BCUT2D eigenvalue weighted by Gasteiger charge is -2.16. The van der Waals surface area contributed by atoms with Crippen molar-refractivity contribution in [1.29, 1.82) is 0 Å². The number of methoxy groups -OCH3 is 2. The van der Waals surface area contributed by atoms with E-state index in [9.17, 15) is 4.79 Å². The Morgan fingerprint density at radius 3 is 2.52 bits per heavy atom. The maximum atomic E-state index is 13.5. The number of benzene rings is 3. The van der Waals surface area contributed by atoms with Gasteiger partial charge in [0, 0.05) is 11.8 Å². The Bertz CT molecular complexity index is 1300. The molecule has 3 aromatic carbocycles. The molecule has 5 nitrogen and oxygen atoms in total. The van der Waals surface area contributed by atoms with E-state index in [1.54, 1.807) is 43.1 Å². The summed E-state index contributed by atoms with van der Waals surface area (Å²) in [6.07, 6.45) is 1.81. The van der Waals surface area contributed by atoms with Gasteiger partial charge < -0.3 is 9.47 Å². The van der Waals surface area contributed by atoms with Crippen LogP contribution >= 0.6 is 11.8 Å². The quantitative estimate of drug-likeness (QED) is 0.293. The average Bonchev–Trinajstić information content (AvgIpc) is 2.82. The number of ether oxygens (including phenoxy) is 2. The van der Waals surface area contributed by atoms with Gasteiger partial charge in [0.25, 0.3) is 5.56 Å². The zero-order chi connectivity index (χ0) is 21.8. The van der Waals surface area contributed by atoms with Gasteiger partial charge in [-0.05, 0) is 35.4 Å². The third kappa shape index (κ3) is 4.20. The van der Waals surface area contributed by atoms with Crippen molar-refractivity contribution >= 4 is 28.7 Å². The monoisotopic (exact) mass is 430 g/mol. The second-order valence-electron chi connectivity index (χ2n) is 6.82. The fraction of sp³-hybridized carbons (Fsp3) is 0.120. The minimum Gasteiger partial charge on any atom is -0.497 e. The number of rotatable bonds is 7.